The van der Waals surface area contributed by atoms with Crippen LogP contribution in [-0.4, -0.2) is 12.4 Å². The van der Waals surface area contributed by atoms with E-state index in [1.54, 1.807) is 0 Å². The summed E-state index contributed by atoms with van der Waals surface area (Å²) in [5, 5.41) is 3.65. The summed E-state index contributed by atoms with van der Waals surface area (Å²) in [7, 11) is 0. The van der Waals surface area contributed by atoms with E-state index in [1.807, 2.05) is 17.8 Å². The molecule has 0 bridgehead atoms. The summed E-state index contributed by atoms with van der Waals surface area (Å²) in [5.41, 5.74) is 4.01. The minimum absolute atomic E-state index is 0.376. The Bertz CT molecular complexity index is 599. The van der Waals surface area contributed by atoms with Crippen molar-refractivity contribution in [2.75, 3.05) is 17.7 Å². The summed E-state index contributed by atoms with van der Waals surface area (Å²) in [6, 6.07) is 17.4. The molecule has 0 spiro atoms. The number of fused-ring (bicyclic) bond motifs is 1. The van der Waals surface area contributed by atoms with Crippen molar-refractivity contribution in [3.63, 3.8) is 0 Å². The highest BCUT2D eigenvalue weighted by Gasteiger charge is 2.19. The van der Waals surface area contributed by atoms with E-state index in [9.17, 15) is 0 Å². The van der Waals surface area contributed by atoms with Gasteiger partial charge in [-0.3, -0.25) is 0 Å². The fourth-order valence-corrected chi connectivity index (χ4v) is 3.70. The largest absolute Gasteiger partial charge is 0.494 e. The molecule has 0 saturated carbocycles. The third-order valence-corrected chi connectivity index (χ3v) is 4.70. The van der Waals surface area contributed by atoms with Crippen molar-refractivity contribution >= 4 is 17.4 Å². The van der Waals surface area contributed by atoms with Gasteiger partial charge in [0.25, 0.3) is 0 Å². The molecule has 110 valence electrons. The van der Waals surface area contributed by atoms with Gasteiger partial charge in [0, 0.05) is 23.3 Å². The first-order valence-electron chi connectivity index (χ1n) is 7.52. The molecular weight excluding hydrogens is 278 g/mol. The van der Waals surface area contributed by atoms with Crippen LogP contribution >= 0.6 is 11.8 Å². The average Bonchev–Trinajstić information content (AvgIpc) is 2.54. The fourth-order valence-electron chi connectivity index (χ4n) is 2.60. The first-order valence-corrected chi connectivity index (χ1v) is 8.67. The van der Waals surface area contributed by atoms with E-state index >= 15 is 0 Å². The highest BCUT2D eigenvalue weighted by molar-refractivity contribution is 7.98. The standard InChI is InChI=1S/C18H21NOS/c1-2-10-20-16-8-5-7-15(11-16)19-18-13-21-12-14-6-3-4-9-17(14)18/h3-9,11,18-19H,2,10,12-13H2,1H3. The molecule has 2 nitrogen and oxygen atoms in total. The van der Waals surface area contributed by atoms with Crippen molar-refractivity contribution in [3.8, 4) is 5.75 Å². The van der Waals surface area contributed by atoms with Crippen LogP contribution in [0, 0.1) is 0 Å². The predicted octanol–water partition coefficient (Wildman–Crippen LogP) is 4.88. The van der Waals surface area contributed by atoms with Crippen LogP contribution < -0.4 is 10.1 Å². The zero-order chi connectivity index (χ0) is 14.5. The van der Waals surface area contributed by atoms with E-state index in [2.05, 4.69) is 54.7 Å². The van der Waals surface area contributed by atoms with E-state index in [1.165, 1.54) is 11.1 Å². The zero-order valence-corrected chi connectivity index (χ0v) is 13.2. The molecule has 1 aliphatic rings. The smallest absolute Gasteiger partial charge is 0.121 e. The molecule has 1 N–H and O–H groups in total. The van der Waals surface area contributed by atoms with Crippen LogP contribution in [0.4, 0.5) is 5.69 Å². The second-order valence-electron chi connectivity index (χ2n) is 5.29. The lowest BCUT2D eigenvalue weighted by Crippen LogP contribution is -2.18. The molecule has 1 atom stereocenters. The molecule has 2 aromatic rings. The van der Waals surface area contributed by atoms with Crippen molar-refractivity contribution < 1.29 is 4.74 Å². The van der Waals surface area contributed by atoms with Crippen molar-refractivity contribution in [2.24, 2.45) is 0 Å². The van der Waals surface area contributed by atoms with Gasteiger partial charge in [0.05, 0.1) is 12.6 Å². The van der Waals surface area contributed by atoms with E-state index in [4.69, 9.17) is 4.74 Å². The van der Waals surface area contributed by atoms with Crippen LogP contribution in [-0.2, 0) is 5.75 Å². The predicted molar refractivity (Wildman–Crippen MR) is 91.2 cm³/mol. The number of anilines is 1. The summed E-state index contributed by atoms with van der Waals surface area (Å²) in [6.07, 6.45) is 1.03. The molecule has 0 saturated heterocycles. The third kappa shape index (κ3) is 3.53. The van der Waals surface area contributed by atoms with E-state index < -0.39 is 0 Å². The molecular formula is C18H21NOS. The highest BCUT2D eigenvalue weighted by atomic mass is 32.2. The Labute approximate surface area is 130 Å². The molecule has 0 radical (unpaired) electrons. The maximum Gasteiger partial charge on any atom is 0.121 e. The van der Waals surface area contributed by atoms with Gasteiger partial charge in [-0.1, -0.05) is 37.3 Å². The van der Waals surface area contributed by atoms with Crippen molar-refractivity contribution in [1.82, 2.24) is 0 Å². The second kappa shape index (κ2) is 6.90. The molecule has 2 aromatic carbocycles. The van der Waals surface area contributed by atoms with Crippen LogP contribution in [0.25, 0.3) is 0 Å². The van der Waals surface area contributed by atoms with Crippen LogP contribution in [0.2, 0.25) is 0 Å². The molecule has 3 heteroatoms. The maximum atomic E-state index is 5.71. The Balaban J connectivity index is 1.75. The van der Waals surface area contributed by atoms with Crippen LogP contribution in [0.3, 0.4) is 0 Å². The van der Waals surface area contributed by atoms with Gasteiger partial charge in [-0.05, 0) is 29.7 Å². The summed E-state index contributed by atoms with van der Waals surface area (Å²) < 4.78 is 5.71. The van der Waals surface area contributed by atoms with Crippen molar-refractivity contribution in [1.29, 1.82) is 0 Å². The fraction of sp³-hybridized carbons (Fsp3) is 0.333. The third-order valence-electron chi connectivity index (χ3n) is 3.62. The molecule has 1 aliphatic heterocycles. The summed E-state index contributed by atoms with van der Waals surface area (Å²) in [5.74, 6) is 3.17. The molecule has 1 unspecified atom stereocenters. The molecule has 1 heterocycles. The Hall–Kier alpha value is -1.61. The van der Waals surface area contributed by atoms with Gasteiger partial charge in [-0.25, -0.2) is 0 Å². The summed E-state index contributed by atoms with van der Waals surface area (Å²) in [4.78, 5) is 0. The quantitative estimate of drug-likeness (QED) is 0.850. The van der Waals surface area contributed by atoms with Crippen LogP contribution in [0.15, 0.2) is 48.5 Å². The normalized spacial score (nSPS) is 17.1. The number of nitrogens with one attached hydrogen (secondary N) is 1. The highest BCUT2D eigenvalue weighted by Crippen LogP contribution is 2.34. The number of benzene rings is 2. The SMILES string of the molecule is CCCOc1cccc(NC2CSCc3ccccc32)c1. The Morgan fingerprint density at radius 1 is 1.19 bits per heavy atom. The Morgan fingerprint density at radius 2 is 2.10 bits per heavy atom. The van der Waals surface area contributed by atoms with Crippen molar-refractivity contribution in [3.05, 3.63) is 59.7 Å². The second-order valence-corrected chi connectivity index (χ2v) is 6.32. The topological polar surface area (TPSA) is 21.3 Å². The molecule has 0 fully saturated rings. The first kappa shape index (κ1) is 14.3. The van der Waals surface area contributed by atoms with E-state index in [0.717, 1.165) is 36.0 Å². The minimum atomic E-state index is 0.376. The lowest BCUT2D eigenvalue weighted by atomic mass is 10.0. The maximum absolute atomic E-state index is 5.71. The van der Waals surface area contributed by atoms with Gasteiger partial charge < -0.3 is 10.1 Å². The Kier molecular flexibility index (Phi) is 4.71. The molecule has 3 rings (SSSR count). The number of rotatable bonds is 5. The van der Waals surface area contributed by atoms with Gasteiger partial charge in [0.15, 0.2) is 0 Å². The van der Waals surface area contributed by atoms with Gasteiger partial charge in [0.2, 0.25) is 0 Å². The van der Waals surface area contributed by atoms with Gasteiger partial charge >= 0.3 is 0 Å². The Morgan fingerprint density at radius 3 is 3.00 bits per heavy atom. The number of hydrogen-bond acceptors (Lipinski definition) is 3. The average molecular weight is 299 g/mol. The van der Waals surface area contributed by atoms with Gasteiger partial charge in [-0.15, -0.1) is 0 Å². The number of ether oxygens (including phenoxy) is 1. The minimum Gasteiger partial charge on any atom is -0.494 e. The lowest BCUT2D eigenvalue weighted by Gasteiger charge is -2.27. The summed E-state index contributed by atoms with van der Waals surface area (Å²) in [6.45, 7) is 2.89. The van der Waals surface area contributed by atoms with Gasteiger partial charge in [-0.2, -0.15) is 11.8 Å². The lowest BCUT2D eigenvalue weighted by molar-refractivity contribution is 0.317. The van der Waals surface area contributed by atoms with Crippen LogP contribution in [0.5, 0.6) is 5.75 Å². The van der Waals surface area contributed by atoms with Crippen LogP contribution in [0.1, 0.15) is 30.5 Å². The molecule has 21 heavy (non-hydrogen) atoms. The number of hydrogen-bond donors (Lipinski definition) is 1. The van der Waals surface area contributed by atoms with E-state index in [-0.39, 0.29) is 0 Å². The van der Waals surface area contributed by atoms with Crippen molar-refractivity contribution in [2.45, 2.75) is 25.1 Å². The first-order chi connectivity index (χ1) is 10.4. The van der Waals surface area contributed by atoms with Gasteiger partial charge in [0.1, 0.15) is 5.75 Å². The van der Waals surface area contributed by atoms with E-state index in [0.29, 0.717) is 6.04 Å². The zero-order valence-electron chi connectivity index (χ0n) is 12.3. The molecule has 0 amide bonds. The number of thioether (sulfide) groups is 1. The molecule has 0 aliphatic carbocycles. The monoisotopic (exact) mass is 299 g/mol. The molecule has 0 aromatic heterocycles. The summed E-state index contributed by atoms with van der Waals surface area (Å²) >= 11 is 1.99.